The monoisotopic (exact) mass is 325 g/mol. The number of fused-ring (bicyclic) bond motifs is 1. The fraction of sp³-hybridized carbons (Fsp3) is 0.421. The molecule has 3 heterocycles. The summed E-state index contributed by atoms with van der Waals surface area (Å²) in [6.45, 7) is 5.39. The molecular weight excluding hydrogens is 302 g/mol. The van der Waals surface area contributed by atoms with Crippen LogP contribution < -0.4 is 14.8 Å². The molecule has 5 nitrogen and oxygen atoms in total. The SMILES string of the molecule is c1cncc(CN(Cc2cccc3c2OCO3)C[C@H]2CCNC2)c1. The molecule has 1 saturated heterocycles. The summed E-state index contributed by atoms with van der Waals surface area (Å²) in [4.78, 5) is 6.74. The largest absolute Gasteiger partial charge is 0.454 e. The third-order valence-electron chi connectivity index (χ3n) is 4.68. The standard InChI is InChI=1S/C19H23N3O2/c1-4-17(19-18(5-1)23-14-24-19)13-22(12-16-6-8-21-10-16)11-15-3-2-7-20-9-15/h1-5,7,9,16,21H,6,8,10-14H2/t16-/m0/s1. The Morgan fingerprint density at radius 1 is 1.17 bits per heavy atom. The van der Waals surface area contributed by atoms with Gasteiger partial charge in [0.15, 0.2) is 11.5 Å². The third-order valence-corrected chi connectivity index (χ3v) is 4.68. The molecule has 0 aliphatic carbocycles. The van der Waals surface area contributed by atoms with Crippen LogP contribution in [-0.2, 0) is 13.1 Å². The van der Waals surface area contributed by atoms with Gasteiger partial charge in [-0.15, -0.1) is 0 Å². The van der Waals surface area contributed by atoms with Gasteiger partial charge >= 0.3 is 0 Å². The Bertz CT molecular complexity index is 672. The second kappa shape index (κ2) is 7.20. The Labute approximate surface area is 142 Å². The van der Waals surface area contributed by atoms with Gasteiger partial charge in [-0.2, -0.15) is 0 Å². The highest BCUT2D eigenvalue weighted by molar-refractivity contribution is 5.48. The number of hydrogen-bond donors (Lipinski definition) is 1. The molecule has 4 rings (SSSR count). The molecule has 1 atom stereocenters. The fourth-order valence-corrected chi connectivity index (χ4v) is 3.53. The first kappa shape index (κ1) is 15.4. The van der Waals surface area contributed by atoms with E-state index in [2.05, 4.69) is 27.3 Å². The van der Waals surface area contributed by atoms with Gasteiger partial charge in [0.05, 0.1) is 0 Å². The molecule has 1 aromatic carbocycles. The number of ether oxygens (including phenoxy) is 2. The van der Waals surface area contributed by atoms with Crippen LogP contribution in [0.15, 0.2) is 42.7 Å². The molecule has 0 bridgehead atoms. The highest BCUT2D eigenvalue weighted by Gasteiger charge is 2.22. The summed E-state index contributed by atoms with van der Waals surface area (Å²) in [6.07, 6.45) is 5.02. The molecule has 0 saturated carbocycles. The smallest absolute Gasteiger partial charge is 0.231 e. The van der Waals surface area contributed by atoms with E-state index >= 15 is 0 Å². The topological polar surface area (TPSA) is 46.6 Å². The van der Waals surface area contributed by atoms with Gasteiger partial charge < -0.3 is 14.8 Å². The molecule has 24 heavy (non-hydrogen) atoms. The number of para-hydroxylation sites is 1. The van der Waals surface area contributed by atoms with E-state index in [9.17, 15) is 0 Å². The van der Waals surface area contributed by atoms with Gasteiger partial charge in [0, 0.05) is 37.6 Å². The molecule has 5 heteroatoms. The molecular formula is C19H23N3O2. The Morgan fingerprint density at radius 3 is 3.00 bits per heavy atom. The zero-order valence-electron chi connectivity index (χ0n) is 13.8. The number of nitrogens with one attached hydrogen (secondary N) is 1. The summed E-state index contributed by atoms with van der Waals surface area (Å²) in [5.41, 5.74) is 2.44. The molecule has 1 N–H and O–H groups in total. The Morgan fingerprint density at radius 2 is 2.17 bits per heavy atom. The van der Waals surface area contributed by atoms with E-state index in [0.717, 1.165) is 44.2 Å². The molecule has 0 amide bonds. The first-order valence-corrected chi connectivity index (χ1v) is 8.58. The molecule has 2 aliphatic rings. The van der Waals surface area contributed by atoms with Gasteiger partial charge in [-0.05, 0) is 43.1 Å². The maximum Gasteiger partial charge on any atom is 0.231 e. The fourth-order valence-electron chi connectivity index (χ4n) is 3.53. The van der Waals surface area contributed by atoms with E-state index in [0.29, 0.717) is 12.7 Å². The zero-order valence-corrected chi connectivity index (χ0v) is 13.8. The van der Waals surface area contributed by atoms with Crippen molar-refractivity contribution < 1.29 is 9.47 Å². The van der Waals surface area contributed by atoms with Crippen LogP contribution in [0.4, 0.5) is 0 Å². The summed E-state index contributed by atoms with van der Waals surface area (Å²) in [5.74, 6) is 2.46. The average Bonchev–Trinajstić information content (AvgIpc) is 3.27. The van der Waals surface area contributed by atoms with Crippen LogP contribution >= 0.6 is 0 Å². The van der Waals surface area contributed by atoms with E-state index in [1.165, 1.54) is 17.5 Å². The number of rotatable bonds is 6. The molecule has 1 aromatic heterocycles. The van der Waals surface area contributed by atoms with Crippen LogP contribution in [0.1, 0.15) is 17.5 Å². The maximum atomic E-state index is 5.68. The van der Waals surface area contributed by atoms with E-state index in [1.54, 1.807) is 0 Å². The molecule has 2 aromatic rings. The molecule has 2 aliphatic heterocycles. The highest BCUT2D eigenvalue weighted by Crippen LogP contribution is 2.36. The number of benzene rings is 1. The normalized spacial score (nSPS) is 19.1. The van der Waals surface area contributed by atoms with Crippen LogP contribution in [0.3, 0.4) is 0 Å². The lowest BCUT2D eigenvalue weighted by Gasteiger charge is -2.25. The summed E-state index contributed by atoms with van der Waals surface area (Å²) in [7, 11) is 0. The van der Waals surface area contributed by atoms with Crippen molar-refractivity contribution >= 4 is 0 Å². The van der Waals surface area contributed by atoms with Crippen molar-refractivity contribution in [2.24, 2.45) is 5.92 Å². The van der Waals surface area contributed by atoms with Gasteiger partial charge in [-0.25, -0.2) is 0 Å². The number of pyridine rings is 1. The van der Waals surface area contributed by atoms with E-state index in [1.807, 2.05) is 30.6 Å². The van der Waals surface area contributed by atoms with Crippen molar-refractivity contribution in [2.75, 3.05) is 26.4 Å². The second-order valence-corrected chi connectivity index (χ2v) is 6.54. The van der Waals surface area contributed by atoms with Crippen molar-refractivity contribution in [3.63, 3.8) is 0 Å². The predicted molar refractivity (Wildman–Crippen MR) is 91.9 cm³/mol. The summed E-state index contributed by atoms with van der Waals surface area (Å²) >= 11 is 0. The summed E-state index contributed by atoms with van der Waals surface area (Å²) in [6, 6.07) is 10.3. The lowest BCUT2D eigenvalue weighted by atomic mass is 10.1. The maximum absolute atomic E-state index is 5.68. The van der Waals surface area contributed by atoms with Crippen LogP contribution in [0.25, 0.3) is 0 Å². The van der Waals surface area contributed by atoms with E-state index in [4.69, 9.17) is 9.47 Å². The van der Waals surface area contributed by atoms with Crippen LogP contribution in [0.5, 0.6) is 11.5 Å². The number of hydrogen-bond acceptors (Lipinski definition) is 5. The van der Waals surface area contributed by atoms with Crippen molar-refractivity contribution in [3.05, 3.63) is 53.9 Å². The lowest BCUT2D eigenvalue weighted by molar-refractivity contribution is 0.170. The molecule has 0 radical (unpaired) electrons. The summed E-state index contributed by atoms with van der Waals surface area (Å²) < 4.78 is 11.2. The average molecular weight is 325 g/mol. The van der Waals surface area contributed by atoms with Crippen molar-refractivity contribution in [3.8, 4) is 11.5 Å². The highest BCUT2D eigenvalue weighted by atomic mass is 16.7. The zero-order chi connectivity index (χ0) is 16.2. The second-order valence-electron chi connectivity index (χ2n) is 6.54. The third kappa shape index (κ3) is 3.52. The van der Waals surface area contributed by atoms with Crippen molar-refractivity contribution in [1.29, 1.82) is 0 Å². The Hall–Kier alpha value is -2.11. The Balaban J connectivity index is 1.52. The van der Waals surface area contributed by atoms with Crippen molar-refractivity contribution in [2.45, 2.75) is 19.5 Å². The first-order valence-electron chi connectivity index (χ1n) is 8.58. The van der Waals surface area contributed by atoms with Gasteiger partial charge in [-0.3, -0.25) is 9.88 Å². The van der Waals surface area contributed by atoms with Gasteiger partial charge in [0.2, 0.25) is 6.79 Å². The Kier molecular flexibility index (Phi) is 4.62. The molecule has 0 spiro atoms. The minimum atomic E-state index is 0.321. The minimum absolute atomic E-state index is 0.321. The van der Waals surface area contributed by atoms with Crippen molar-refractivity contribution in [1.82, 2.24) is 15.2 Å². The van der Waals surface area contributed by atoms with Gasteiger partial charge in [0.1, 0.15) is 0 Å². The quantitative estimate of drug-likeness (QED) is 0.884. The van der Waals surface area contributed by atoms with Crippen LogP contribution in [0.2, 0.25) is 0 Å². The molecule has 1 fully saturated rings. The van der Waals surface area contributed by atoms with E-state index in [-0.39, 0.29) is 0 Å². The minimum Gasteiger partial charge on any atom is -0.454 e. The van der Waals surface area contributed by atoms with Gasteiger partial charge in [-0.1, -0.05) is 18.2 Å². The predicted octanol–water partition coefficient (Wildman–Crippen LogP) is 2.42. The summed E-state index contributed by atoms with van der Waals surface area (Å²) in [5, 5.41) is 3.46. The van der Waals surface area contributed by atoms with Crippen LogP contribution in [-0.4, -0.2) is 36.3 Å². The van der Waals surface area contributed by atoms with Gasteiger partial charge in [0.25, 0.3) is 0 Å². The number of aromatic nitrogens is 1. The van der Waals surface area contributed by atoms with Crippen LogP contribution in [0, 0.1) is 5.92 Å². The number of nitrogens with zero attached hydrogens (tertiary/aromatic N) is 2. The molecule has 126 valence electrons. The lowest BCUT2D eigenvalue weighted by Crippen LogP contribution is -2.30. The van der Waals surface area contributed by atoms with E-state index < -0.39 is 0 Å². The molecule has 0 unspecified atom stereocenters. The first-order chi connectivity index (χ1) is 11.9.